The molecule has 0 heterocycles. The lowest BCUT2D eigenvalue weighted by atomic mass is 10.2. The zero-order valence-corrected chi connectivity index (χ0v) is 9.49. The molecule has 0 aliphatic heterocycles. The van der Waals surface area contributed by atoms with Crippen molar-refractivity contribution >= 4 is 19.4 Å². The maximum absolute atomic E-state index is 10.5. The average molecular weight is 219 g/mol. The molecule has 1 radical (unpaired) electrons. The Hall–Kier alpha value is -0.440. The average Bonchev–Trinajstić information content (AvgIpc) is 2.07. The number of rotatable bonds is 1. The van der Waals surface area contributed by atoms with E-state index in [1.807, 2.05) is 6.66 Å². The molecule has 5 heteroatoms. The minimum absolute atomic E-state index is 0.139. The zero-order valence-electron chi connectivity index (χ0n) is 7.52. The van der Waals surface area contributed by atoms with Gasteiger partial charge in [0, 0.05) is 0 Å². The van der Waals surface area contributed by atoms with E-state index in [0.29, 0.717) is 5.56 Å². The highest BCUT2D eigenvalue weighted by molar-refractivity contribution is 7.85. The van der Waals surface area contributed by atoms with Crippen LogP contribution in [-0.4, -0.2) is 15.1 Å². The molecule has 0 amide bonds. The Kier molecular flexibility index (Phi) is 5.14. The Morgan fingerprint density at radius 3 is 1.92 bits per heavy atom. The summed E-state index contributed by atoms with van der Waals surface area (Å²) >= 11 is 0. The van der Waals surface area contributed by atoms with Crippen LogP contribution in [0.3, 0.4) is 0 Å². The topological polar surface area (TPSA) is 54.0 Å². The molecule has 0 aliphatic rings. The van der Waals surface area contributed by atoms with Gasteiger partial charge in [0.05, 0.1) is 4.90 Å². The molecular formula is C8H12O3PS. The Bertz CT molecular complexity index is 359. The third-order valence-corrected chi connectivity index (χ3v) is 2.36. The van der Waals surface area contributed by atoms with Crippen LogP contribution in [0, 0.1) is 6.92 Å². The molecule has 1 unspecified atom stereocenters. The Labute approximate surface area is 81.1 Å². The monoisotopic (exact) mass is 219 g/mol. The van der Waals surface area contributed by atoms with Gasteiger partial charge in [0.1, 0.15) is 0 Å². The van der Waals surface area contributed by atoms with Crippen LogP contribution >= 0.6 is 9.24 Å². The standard InChI is InChI=1S/C7H7O3S.CH5P/c1-6-4-2-3-5-7(6)11(8,9)10;1-2/h2-5H,1H3;2H2,1H3. The van der Waals surface area contributed by atoms with Gasteiger partial charge in [0.15, 0.2) is 0 Å². The smallest absolute Gasteiger partial charge is 0.192 e. The second-order valence-corrected chi connectivity index (χ2v) is 3.57. The molecule has 0 spiro atoms. The molecule has 1 atom stereocenters. The van der Waals surface area contributed by atoms with Gasteiger partial charge in [0.2, 0.25) is 0 Å². The number of benzene rings is 1. The molecule has 0 saturated carbocycles. The minimum Gasteiger partial charge on any atom is -0.192 e. The van der Waals surface area contributed by atoms with Crippen molar-refractivity contribution in [3.63, 3.8) is 0 Å². The van der Waals surface area contributed by atoms with Crippen LogP contribution in [-0.2, 0) is 14.7 Å². The van der Waals surface area contributed by atoms with Crippen LogP contribution < -0.4 is 0 Å². The van der Waals surface area contributed by atoms with Gasteiger partial charge in [-0.2, -0.15) is 8.42 Å². The van der Waals surface area contributed by atoms with Crippen molar-refractivity contribution in [2.45, 2.75) is 11.8 Å². The van der Waals surface area contributed by atoms with Gasteiger partial charge in [-0.25, -0.2) is 0 Å². The van der Waals surface area contributed by atoms with Gasteiger partial charge in [-0.1, -0.05) is 29.4 Å². The third kappa shape index (κ3) is 3.85. The highest BCUT2D eigenvalue weighted by Gasteiger charge is 2.12. The Balaban J connectivity index is 0.000000671. The molecule has 1 aromatic carbocycles. The van der Waals surface area contributed by atoms with Gasteiger partial charge < -0.3 is 0 Å². The number of hydrogen-bond donors (Lipinski definition) is 0. The number of aryl methyl sites for hydroxylation is 1. The summed E-state index contributed by atoms with van der Waals surface area (Å²) < 4.78 is 31.5. The lowest BCUT2D eigenvalue weighted by Gasteiger charge is -1.97. The molecule has 0 N–H and O–H groups in total. The fourth-order valence-electron chi connectivity index (χ4n) is 0.837. The quantitative estimate of drug-likeness (QED) is 0.674. The SMILES string of the molecule is CP.Cc1ccccc1S([O])(=O)=O. The van der Waals surface area contributed by atoms with E-state index in [2.05, 4.69) is 9.24 Å². The summed E-state index contributed by atoms with van der Waals surface area (Å²) in [7, 11) is -1.87. The van der Waals surface area contributed by atoms with E-state index >= 15 is 0 Å². The molecule has 1 aromatic rings. The highest BCUT2D eigenvalue weighted by atomic mass is 32.2. The molecule has 1 rings (SSSR count). The summed E-state index contributed by atoms with van der Waals surface area (Å²) in [5.41, 5.74) is 0.488. The maximum atomic E-state index is 10.5. The Morgan fingerprint density at radius 1 is 1.15 bits per heavy atom. The maximum Gasteiger partial charge on any atom is 0.324 e. The van der Waals surface area contributed by atoms with E-state index in [9.17, 15) is 13.0 Å². The minimum atomic E-state index is -4.28. The largest absolute Gasteiger partial charge is 0.324 e. The first-order valence-electron chi connectivity index (χ1n) is 3.61. The zero-order chi connectivity index (χ0) is 10.5. The molecule has 0 aromatic heterocycles. The van der Waals surface area contributed by atoms with E-state index in [0.717, 1.165) is 0 Å². The first-order valence-corrected chi connectivity index (χ1v) is 6.17. The van der Waals surface area contributed by atoms with E-state index < -0.39 is 10.1 Å². The van der Waals surface area contributed by atoms with Crippen molar-refractivity contribution < 1.29 is 13.0 Å². The predicted octanol–water partition coefficient (Wildman–Crippen LogP) is 1.61. The predicted molar refractivity (Wildman–Crippen MR) is 54.7 cm³/mol. The van der Waals surface area contributed by atoms with E-state index in [1.165, 1.54) is 12.1 Å². The molecule has 0 aliphatic carbocycles. The van der Waals surface area contributed by atoms with Gasteiger partial charge in [-0.05, 0) is 18.6 Å². The van der Waals surface area contributed by atoms with Crippen molar-refractivity contribution in [3.8, 4) is 0 Å². The van der Waals surface area contributed by atoms with Crippen molar-refractivity contribution in [3.05, 3.63) is 29.8 Å². The molecule has 73 valence electrons. The summed E-state index contributed by atoms with van der Waals surface area (Å²) in [6, 6.07) is 6.10. The summed E-state index contributed by atoms with van der Waals surface area (Å²) in [6.45, 7) is 3.50. The second kappa shape index (κ2) is 5.32. The second-order valence-electron chi connectivity index (χ2n) is 2.22. The lowest BCUT2D eigenvalue weighted by Crippen LogP contribution is -1.97. The summed E-state index contributed by atoms with van der Waals surface area (Å²) in [5.74, 6) is 0. The van der Waals surface area contributed by atoms with Crippen LogP contribution in [0.5, 0.6) is 0 Å². The van der Waals surface area contributed by atoms with Gasteiger partial charge in [-0.15, -0.1) is 9.24 Å². The van der Waals surface area contributed by atoms with E-state index in [1.54, 1.807) is 19.1 Å². The first-order chi connectivity index (χ1) is 6.02. The van der Waals surface area contributed by atoms with Gasteiger partial charge in [0.25, 0.3) is 0 Å². The molecule has 0 fully saturated rings. The molecule has 13 heavy (non-hydrogen) atoms. The van der Waals surface area contributed by atoms with Crippen LogP contribution in [0.1, 0.15) is 5.56 Å². The highest BCUT2D eigenvalue weighted by Crippen LogP contribution is 2.13. The van der Waals surface area contributed by atoms with Crippen molar-refractivity contribution in [1.82, 2.24) is 0 Å². The van der Waals surface area contributed by atoms with Crippen LogP contribution in [0.4, 0.5) is 0 Å². The Morgan fingerprint density at radius 2 is 1.62 bits per heavy atom. The molecule has 0 saturated heterocycles. The molecular weight excluding hydrogens is 207 g/mol. The normalized spacial score (nSPS) is 10.2. The summed E-state index contributed by atoms with van der Waals surface area (Å²) in [5, 5.41) is 0. The van der Waals surface area contributed by atoms with Crippen molar-refractivity contribution in [2.24, 2.45) is 0 Å². The molecule has 0 bridgehead atoms. The van der Waals surface area contributed by atoms with Crippen molar-refractivity contribution in [2.75, 3.05) is 6.66 Å². The van der Waals surface area contributed by atoms with Crippen LogP contribution in [0.2, 0.25) is 0 Å². The van der Waals surface area contributed by atoms with Gasteiger partial charge >= 0.3 is 10.1 Å². The fraction of sp³-hybridized carbons (Fsp3) is 0.250. The third-order valence-electron chi connectivity index (χ3n) is 1.36. The first kappa shape index (κ1) is 12.6. The van der Waals surface area contributed by atoms with Crippen molar-refractivity contribution in [1.29, 1.82) is 0 Å². The lowest BCUT2D eigenvalue weighted by molar-refractivity contribution is 0.414. The molecule has 3 nitrogen and oxygen atoms in total. The number of hydrogen-bond acceptors (Lipinski definition) is 2. The summed E-state index contributed by atoms with van der Waals surface area (Å²) in [4.78, 5) is -0.139. The van der Waals surface area contributed by atoms with Crippen LogP contribution in [0.15, 0.2) is 29.2 Å². The van der Waals surface area contributed by atoms with E-state index in [4.69, 9.17) is 0 Å². The summed E-state index contributed by atoms with van der Waals surface area (Å²) in [6.07, 6.45) is 0. The van der Waals surface area contributed by atoms with Gasteiger partial charge in [-0.3, -0.25) is 0 Å². The van der Waals surface area contributed by atoms with Crippen LogP contribution in [0.25, 0.3) is 0 Å². The van der Waals surface area contributed by atoms with E-state index in [-0.39, 0.29) is 4.90 Å². The fourth-order valence-corrected chi connectivity index (χ4v) is 1.54.